The maximum Gasteiger partial charge on any atom is 0.226 e. The number of fused-ring (bicyclic) bond motifs is 1. The van der Waals surface area contributed by atoms with Crippen LogP contribution in [0.5, 0.6) is 0 Å². The number of hydrogen-bond donors (Lipinski definition) is 1. The number of benzene rings is 3. The Bertz CT molecular complexity index is 1400. The molecule has 4 aromatic rings. The third-order valence-electron chi connectivity index (χ3n) is 7.29. The van der Waals surface area contributed by atoms with Gasteiger partial charge < -0.3 is 14.8 Å². The number of aromatic nitrogens is 2. The molecule has 0 saturated heterocycles. The monoisotopic (exact) mass is 496 g/mol. The first-order valence-electron chi connectivity index (χ1n) is 12.8. The molecule has 6 heteroatoms. The van der Waals surface area contributed by atoms with E-state index in [4.69, 9.17) is 4.98 Å². The molecule has 1 aliphatic heterocycles. The lowest BCUT2D eigenvalue weighted by Gasteiger charge is -2.31. The summed E-state index contributed by atoms with van der Waals surface area (Å²) in [5.74, 6) is 1.43. The van der Waals surface area contributed by atoms with Crippen molar-refractivity contribution in [3.63, 3.8) is 0 Å². The van der Waals surface area contributed by atoms with Gasteiger partial charge in [-0.2, -0.15) is 0 Å². The van der Waals surface area contributed by atoms with Gasteiger partial charge in [-0.1, -0.05) is 42.8 Å². The van der Waals surface area contributed by atoms with Crippen LogP contribution in [0.15, 0.2) is 66.7 Å². The molecule has 0 aliphatic carbocycles. The first-order valence-corrected chi connectivity index (χ1v) is 12.8. The summed E-state index contributed by atoms with van der Waals surface area (Å²) < 4.78 is 15.8. The molecule has 1 unspecified atom stereocenters. The van der Waals surface area contributed by atoms with Crippen molar-refractivity contribution in [3.8, 4) is 11.3 Å². The second kappa shape index (κ2) is 10.2. The van der Waals surface area contributed by atoms with Gasteiger partial charge in [0.25, 0.3) is 0 Å². The van der Waals surface area contributed by atoms with Crippen LogP contribution in [0.4, 0.5) is 15.9 Å². The number of anilines is 2. The molecule has 37 heavy (non-hydrogen) atoms. The van der Waals surface area contributed by atoms with E-state index < -0.39 is 0 Å². The number of rotatable bonds is 6. The number of nitrogens with zero attached hydrogens (tertiary/aromatic N) is 3. The topological polar surface area (TPSA) is 50.2 Å². The normalized spacial score (nSPS) is 13.8. The van der Waals surface area contributed by atoms with Gasteiger partial charge in [-0.15, -0.1) is 0 Å². The van der Waals surface area contributed by atoms with Crippen molar-refractivity contribution in [1.82, 2.24) is 14.5 Å². The number of halogens is 1. The number of imidazole rings is 1. The zero-order valence-electron chi connectivity index (χ0n) is 21.9. The predicted molar refractivity (Wildman–Crippen MR) is 146 cm³/mol. The van der Waals surface area contributed by atoms with Crippen LogP contribution in [0.2, 0.25) is 0 Å². The van der Waals surface area contributed by atoms with Crippen LogP contribution in [-0.2, 0) is 24.3 Å². The van der Waals surface area contributed by atoms with E-state index in [0.29, 0.717) is 19.6 Å². The van der Waals surface area contributed by atoms with Crippen LogP contribution in [0, 0.1) is 32.5 Å². The van der Waals surface area contributed by atoms with E-state index in [1.165, 1.54) is 34.4 Å². The highest BCUT2D eigenvalue weighted by atomic mass is 19.1. The Morgan fingerprint density at radius 3 is 2.32 bits per heavy atom. The zero-order chi connectivity index (χ0) is 26.1. The SMILES string of the molecule is Cc1ccc(Nc2c(-c3ccc(F)cc3)nc3n2CCN(C(=O)C(C)Cc2c(C)cccc2C)C3)cc1. The van der Waals surface area contributed by atoms with Crippen molar-refractivity contribution in [2.24, 2.45) is 5.92 Å². The van der Waals surface area contributed by atoms with Crippen molar-refractivity contribution in [2.75, 3.05) is 11.9 Å². The second-order valence-electron chi connectivity index (χ2n) is 10.1. The minimum absolute atomic E-state index is 0.122. The van der Waals surface area contributed by atoms with E-state index in [9.17, 15) is 9.18 Å². The smallest absolute Gasteiger partial charge is 0.226 e. The number of carbonyl (C=O) groups excluding carboxylic acids is 1. The van der Waals surface area contributed by atoms with Crippen molar-refractivity contribution in [1.29, 1.82) is 0 Å². The fourth-order valence-electron chi connectivity index (χ4n) is 5.10. The molecule has 1 N–H and O–H groups in total. The van der Waals surface area contributed by atoms with Gasteiger partial charge >= 0.3 is 0 Å². The van der Waals surface area contributed by atoms with Crippen molar-refractivity contribution in [3.05, 3.63) is 101 Å². The summed E-state index contributed by atoms with van der Waals surface area (Å²) in [6.07, 6.45) is 0.726. The van der Waals surface area contributed by atoms with Gasteiger partial charge in [-0.3, -0.25) is 4.79 Å². The molecule has 0 saturated carbocycles. The molecule has 1 aromatic heterocycles. The Hall–Kier alpha value is -3.93. The van der Waals surface area contributed by atoms with Crippen LogP contribution in [0.1, 0.15) is 35.0 Å². The van der Waals surface area contributed by atoms with E-state index in [-0.39, 0.29) is 17.6 Å². The van der Waals surface area contributed by atoms with Crippen LogP contribution in [-0.4, -0.2) is 26.9 Å². The zero-order valence-corrected chi connectivity index (χ0v) is 21.9. The molecule has 190 valence electrons. The number of carbonyl (C=O) groups is 1. The van der Waals surface area contributed by atoms with E-state index >= 15 is 0 Å². The van der Waals surface area contributed by atoms with Gasteiger partial charge in [0.05, 0.1) is 6.54 Å². The Morgan fingerprint density at radius 1 is 0.973 bits per heavy atom. The number of amides is 1. The third kappa shape index (κ3) is 5.15. The van der Waals surface area contributed by atoms with E-state index in [2.05, 4.69) is 61.0 Å². The fraction of sp³-hybridized carbons (Fsp3) is 0.290. The maximum absolute atomic E-state index is 13.7. The summed E-state index contributed by atoms with van der Waals surface area (Å²) in [5.41, 5.74) is 7.44. The van der Waals surface area contributed by atoms with Gasteiger partial charge in [-0.25, -0.2) is 9.37 Å². The van der Waals surface area contributed by atoms with E-state index in [1.807, 2.05) is 24.0 Å². The molecule has 1 aliphatic rings. The van der Waals surface area contributed by atoms with E-state index in [0.717, 1.165) is 35.0 Å². The van der Waals surface area contributed by atoms with Crippen LogP contribution >= 0.6 is 0 Å². The average Bonchev–Trinajstić information content (AvgIpc) is 3.25. The Kier molecular flexibility index (Phi) is 6.83. The Morgan fingerprint density at radius 2 is 1.65 bits per heavy atom. The van der Waals surface area contributed by atoms with Crippen LogP contribution < -0.4 is 5.32 Å². The molecule has 5 rings (SSSR count). The summed E-state index contributed by atoms with van der Waals surface area (Å²) in [6, 6.07) is 20.9. The highest BCUT2D eigenvalue weighted by Crippen LogP contribution is 2.34. The molecule has 3 aromatic carbocycles. The minimum Gasteiger partial charge on any atom is -0.340 e. The largest absolute Gasteiger partial charge is 0.340 e. The van der Waals surface area contributed by atoms with Gasteiger partial charge in [0.15, 0.2) is 0 Å². The molecule has 1 atom stereocenters. The maximum atomic E-state index is 13.7. The standard InChI is InChI=1S/C31H33FN4O/c1-20-8-14-26(15-9-20)33-30-29(24-10-12-25(32)13-11-24)34-28-19-35(16-17-36(28)30)31(37)23(4)18-27-21(2)6-5-7-22(27)3/h5-15,23,33H,16-19H2,1-4H3. The van der Waals surface area contributed by atoms with Crippen molar-refractivity contribution in [2.45, 2.75) is 47.2 Å². The highest BCUT2D eigenvalue weighted by molar-refractivity contribution is 5.80. The molecule has 0 bridgehead atoms. The lowest BCUT2D eigenvalue weighted by molar-refractivity contribution is -0.136. The Balaban J connectivity index is 1.42. The van der Waals surface area contributed by atoms with Crippen LogP contribution in [0.3, 0.4) is 0 Å². The predicted octanol–water partition coefficient (Wildman–Crippen LogP) is 6.58. The third-order valence-corrected chi connectivity index (χ3v) is 7.29. The number of aryl methyl sites for hydroxylation is 3. The number of hydrogen-bond acceptors (Lipinski definition) is 3. The molecule has 0 radical (unpaired) electrons. The quantitative estimate of drug-likeness (QED) is 0.328. The van der Waals surface area contributed by atoms with E-state index in [1.54, 1.807) is 12.1 Å². The molecule has 0 fully saturated rings. The first-order chi connectivity index (χ1) is 17.8. The van der Waals surface area contributed by atoms with Gasteiger partial charge in [0.1, 0.15) is 23.2 Å². The summed E-state index contributed by atoms with van der Waals surface area (Å²) in [6.45, 7) is 9.99. The minimum atomic E-state index is -0.282. The molecule has 1 amide bonds. The summed E-state index contributed by atoms with van der Waals surface area (Å²) in [4.78, 5) is 20.4. The number of nitrogens with one attached hydrogen (secondary N) is 1. The van der Waals surface area contributed by atoms with Crippen LogP contribution in [0.25, 0.3) is 11.3 Å². The van der Waals surface area contributed by atoms with Gasteiger partial charge in [-0.05, 0) is 80.3 Å². The first kappa shape index (κ1) is 24.8. The molecular formula is C31H33FN4O. The molecule has 2 heterocycles. The second-order valence-corrected chi connectivity index (χ2v) is 10.1. The van der Waals surface area contributed by atoms with Gasteiger partial charge in [0.2, 0.25) is 5.91 Å². The lowest BCUT2D eigenvalue weighted by Crippen LogP contribution is -2.41. The van der Waals surface area contributed by atoms with Crippen molar-refractivity contribution >= 4 is 17.4 Å². The summed E-state index contributed by atoms with van der Waals surface area (Å²) in [5, 5.41) is 3.54. The van der Waals surface area contributed by atoms with Gasteiger partial charge in [0, 0.05) is 30.3 Å². The van der Waals surface area contributed by atoms with Crippen molar-refractivity contribution < 1.29 is 9.18 Å². The molecular weight excluding hydrogens is 463 g/mol. The highest BCUT2D eigenvalue weighted by Gasteiger charge is 2.29. The Labute approximate surface area is 218 Å². The summed E-state index contributed by atoms with van der Waals surface area (Å²) >= 11 is 0. The molecule has 0 spiro atoms. The average molecular weight is 497 g/mol. The lowest BCUT2D eigenvalue weighted by atomic mass is 9.93. The fourth-order valence-corrected chi connectivity index (χ4v) is 5.10. The summed E-state index contributed by atoms with van der Waals surface area (Å²) in [7, 11) is 0. The molecule has 5 nitrogen and oxygen atoms in total.